The van der Waals surface area contributed by atoms with E-state index >= 15 is 0 Å². The second-order valence-electron chi connectivity index (χ2n) is 3.36. The molecule has 11 heavy (non-hydrogen) atoms. The number of hydrogen-bond donors (Lipinski definition) is 1. The molecular formula is C8H15NS2. The molecule has 0 bridgehead atoms. The molecule has 0 aromatic carbocycles. The standard InChI is InChI=1S/C8H15NS2/c9-7-3-1-2-4-8(7)10-5-6-11-8/h7H,1-6,9H2. The molecule has 64 valence electrons. The van der Waals surface area contributed by atoms with Crippen LogP contribution in [0.5, 0.6) is 0 Å². The van der Waals surface area contributed by atoms with Gasteiger partial charge in [0.05, 0.1) is 4.08 Å². The minimum atomic E-state index is 0.443. The first-order valence-electron chi connectivity index (χ1n) is 4.37. The van der Waals surface area contributed by atoms with E-state index in [2.05, 4.69) is 23.5 Å². The number of hydrogen-bond acceptors (Lipinski definition) is 3. The summed E-state index contributed by atoms with van der Waals surface area (Å²) in [6.45, 7) is 0. The SMILES string of the molecule is NC1CCCCC12SCCS2. The maximum absolute atomic E-state index is 6.13. The summed E-state index contributed by atoms with van der Waals surface area (Å²) in [6, 6.07) is 0.466. The van der Waals surface area contributed by atoms with Crippen LogP contribution < -0.4 is 5.73 Å². The minimum Gasteiger partial charge on any atom is -0.326 e. The van der Waals surface area contributed by atoms with Crippen molar-refractivity contribution < 1.29 is 0 Å². The summed E-state index contributed by atoms with van der Waals surface area (Å²) in [5, 5.41) is 0. The van der Waals surface area contributed by atoms with Gasteiger partial charge in [-0.05, 0) is 12.8 Å². The van der Waals surface area contributed by atoms with E-state index in [4.69, 9.17) is 5.73 Å². The van der Waals surface area contributed by atoms with Gasteiger partial charge in [-0.25, -0.2) is 0 Å². The lowest BCUT2D eigenvalue weighted by molar-refractivity contribution is 0.431. The van der Waals surface area contributed by atoms with E-state index in [0.717, 1.165) is 0 Å². The van der Waals surface area contributed by atoms with Crippen molar-refractivity contribution in [2.45, 2.75) is 35.8 Å². The Morgan fingerprint density at radius 2 is 1.91 bits per heavy atom. The van der Waals surface area contributed by atoms with Crippen LogP contribution in [-0.4, -0.2) is 21.6 Å². The normalized spacial score (nSPS) is 36.3. The Morgan fingerprint density at radius 1 is 1.18 bits per heavy atom. The second-order valence-corrected chi connectivity index (χ2v) is 6.47. The molecule has 2 N–H and O–H groups in total. The first kappa shape index (κ1) is 8.27. The van der Waals surface area contributed by atoms with Crippen molar-refractivity contribution in [2.24, 2.45) is 5.73 Å². The van der Waals surface area contributed by atoms with Crippen molar-refractivity contribution in [2.75, 3.05) is 11.5 Å². The highest BCUT2D eigenvalue weighted by Gasteiger charge is 2.42. The molecule has 1 saturated heterocycles. The summed E-state index contributed by atoms with van der Waals surface area (Å²) in [7, 11) is 0. The van der Waals surface area contributed by atoms with Crippen LogP contribution in [0.2, 0.25) is 0 Å². The zero-order chi connectivity index (χ0) is 7.73. The lowest BCUT2D eigenvalue weighted by atomic mass is 9.95. The highest BCUT2D eigenvalue weighted by molar-refractivity contribution is 8.21. The average Bonchev–Trinajstić information content (AvgIpc) is 2.46. The zero-order valence-electron chi connectivity index (χ0n) is 6.71. The Labute approximate surface area is 76.9 Å². The van der Waals surface area contributed by atoms with Gasteiger partial charge in [-0.3, -0.25) is 0 Å². The van der Waals surface area contributed by atoms with Crippen LogP contribution in [0, 0.1) is 0 Å². The first-order valence-corrected chi connectivity index (χ1v) is 6.34. The Morgan fingerprint density at radius 3 is 2.55 bits per heavy atom. The van der Waals surface area contributed by atoms with E-state index in [1.807, 2.05) is 0 Å². The van der Waals surface area contributed by atoms with Crippen LogP contribution in [0.3, 0.4) is 0 Å². The van der Waals surface area contributed by atoms with Gasteiger partial charge < -0.3 is 5.73 Å². The van der Waals surface area contributed by atoms with Crippen molar-refractivity contribution in [3.05, 3.63) is 0 Å². The molecule has 2 fully saturated rings. The topological polar surface area (TPSA) is 26.0 Å². The Hall–Kier alpha value is 0.660. The number of nitrogens with two attached hydrogens (primary N) is 1. The predicted molar refractivity (Wildman–Crippen MR) is 54.1 cm³/mol. The van der Waals surface area contributed by atoms with Crippen LogP contribution >= 0.6 is 23.5 Å². The van der Waals surface area contributed by atoms with Gasteiger partial charge >= 0.3 is 0 Å². The molecule has 0 radical (unpaired) electrons. The monoisotopic (exact) mass is 189 g/mol. The lowest BCUT2D eigenvalue weighted by Crippen LogP contribution is -2.43. The highest BCUT2D eigenvalue weighted by Crippen LogP contribution is 2.52. The molecule has 3 heteroatoms. The fraction of sp³-hybridized carbons (Fsp3) is 1.00. The average molecular weight is 189 g/mol. The first-order chi connectivity index (χ1) is 5.33. The Bertz CT molecular complexity index is 143. The van der Waals surface area contributed by atoms with Crippen LogP contribution in [0.1, 0.15) is 25.7 Å². The molecule has 2 rings (SSSR count). The lowest BCUT2D eigenvalue weighted by Gasteiger charge is -2.37. The van der Waals surface area contributed by atoms with E-state index in [0.29, 0.717) is 10.1 Å². The van der Waals surface area contributed by atoms with Crippen molar-refractivity contribution in [1.82, 2.24) is 0 Å². The molecule has 1 saturated carbocycles. The molecule has 0 aromatic rings. The molecule has 1 nitrogen and oxygen atoms in total. The van der Waals surface area contributed by atoms with Gasteiger partial charge in [-0.15, -0.1) is 23.5 Å². The second kappa shape index (κ2) is 3.19. The third-order valence-electron chi connectivity index (χ3n) is 2.63. The van der Waals surface area contributed by atoms with Gasteiger partial charge in [0.25, 0.3) is 0 Å². The predicted octanol–water partition coefficient (Wildman–Crippen LogP) is 2.06. The summed E-state index contributed by atoms with van der Waals surface area (Å²) in [5.74, 6) is 2.64. The Balaban J connectivity index is 2.07. The van der Waals surface area contributed by atoms with Crippen LogP contribution in [0.25, 0.3) is 0 Å². The van der Waals surface area contributed by atoms with E-state index < -0.39 is 0 Å². The quantitative estimate of drug-likeness (QED) is 0.632. The van der Waals surface area contributed by atoms with Crippen LogP contribution in [0.4, 0.5) is 0 Å². The van der Waals surface area contributed by atoms with Gasteiger partial charge in [0.15, 0.2) is 0 Å². The fourth-order valence-electron chi connectivity index (χ4n) is 1.97. The van der Waals surface area contributed by atoms with E-state index in [-0.39, 0.29) is 0 Å². The largest absolute Gasteiger partial charge is 0.326 e. The molecule has 0 amide bonds. The van der Waals surface area contributed by atoms with Gasteiger partial charge in [-0.2, -0.15) is 0 Å². The van der Waals surface area contributed by atoms with Gasteiger partial charge in [0.2, 0.25) is 0 Å². The summed E-state index contributed by atoms with van der Waals surface area (Å²) in [5.41, 5.74) is 6.13. The maximum Gasteiger partial charge on any atom is 0.0761 e. The van der Waals surface area contributed by atoms with E-state index in [1.165, 1.54) is 37.2 Å². The van der Waals surface area contributed by atoms with Crippen molar-refractivity contribution >= 4 is 23.5 Å². The van der Waals surface area contributed by atoms with Crippen LogP contribution in [0.15, 0.2) is 0 Å². The molecule has 0 aromatic heterocycles. The highest BCUT2D eigenvalue weighted by atomic mass is 32.2. The molecular weight excluding hydrogens is 174 g/mol. The summed E-state index contributed by atoms with van der Waals surface area (Å²) in [6.07, 6.45) is 5.35. The molecule has 1 unspecified atom stereocenters. The molecule has 2 aliphatic rings. The molecule has 1 spiro atoms. The summed E-state index contributed by atoms with van der Waals surface area (Å²) in [4.78, 5) is 0. The van der Waals surface area contributed by atoms with Gasteiger partial charge in [0, 0.05) is 17.5 Å². The summed E-state index contributed by atoms with van der Waals surface area (Å²) < 4.78 is 0.443. The molecule has 1 aliphatic heterocycles. The van der Waals surface area contributed by atoms with E-state index in [9.17, 15) is 0 Å². The zero-order valence-corrected chi connectivity index (χ0v) is 8.35. The third-order valence-corrected chi connectivity index (χ3v) is 6.40. The van der Waals surface area contributed by atoms with E-state index in [1.54, 1.807) is 0 Å². The van der Waals surface area contributed by atoms with Crippen molar-refractivity contribution in [1.29, 1.82) is 0 Å². The van der Waals surface area contributed by atoms with Crippen molar-refractivity contribution in [3.8, 4) is 0 Å². The minimum absolute atomic E-state index is 0.443. The number of rotatable bonds is 0. The molecule has 1 atom stereocenters. The molecule has 1 heterocycles. The third kappa shape index (κ3) is 1.43. The van der Waals surface area contributed by atoms with Crippen molar-refractivity contribution in [3.63, 3.8) is 0 Å². The fourth-order valence-corrected chi connectivity index (χ4v) is 5.40. The Kier molecular flexibility index (Phi) is 2.40. The summed E-state index contributed by atoms with van der Waals surface area (Å²) >= 11 is 4.22. The van der Waals surface area contributed by atoms with Crippen LogP contribution in [-0.2, 0) is 0 Å². The maximum atomic E-state index is 6.13. The van der Waals surface area contributed by atoms with Gasteiger partial charge in [-0.1, -0.05) is 12.8 Å². The number of thioether (sulfide) groups is 2. The molecule has 1 aliphatic carbocycles. The van der Waals surface area contributed by atoms with Gasteiger partial charge in [0.1, 0.15) is 0 Å². The smallest absolute Gasteiger partial charge is 0.0761 e.